The molecule has 0 fully saturated rings. The molecule has 2 aromatic rings. The summed E-state index contributed by atoms with van der Waals surface area (Å²) in [6.45, 7) is 0. The summed E-state index contributed by atoms with van der Waals surface area (Å²) in [5.41, 5.74) is 1.21. The number of carbonyl (C=O) groups is 1. The van der Waals surface area contributed by atoms with Gasteiger partial charge in [0.15, 0.2) is 11.5 Å². The van der Waals surface area contributed by atoms with Gasteiger partial charge in [0.25, 0.3) is 0 Å². The van der Waals surface area contributed by atoms with Crippen molar-refractivity contribution in [3.05, 3.63) is 59.1 Å². The zero-order chi connectivity index (χ0) is 15.1. The lowest BCUT2D eigenvalue weighted by Crippen LogP contribution is -2.09. The minimum absolute atomic E-state index is 0.284. The van der Waals surface area contributed by atoms with E-state index < -0.39 is 0 Å². The monoisotopic (exact) mass is 304 g/mol. The average Bonchev–Trinajstić information content (AvgIpc) is 2.50. The molecule has 0 aliphatic heterocycles. The van der Waals surface area contributed by atoms with Gasteiger partial charge in [-0.05, 0) is 30.5 Å². The van der Waals surface area contributed by atoms with E-state index in [9.17, 15) is 4.79 Å². The second kappa shape index (κ2) is 7.70. The Balaban J connectivity index is 1.88. The zero-order valence-electron chi connectivity index (χ0n) is 11.8. The average molecular weight is 305 g/mol. The number of hydrogen-bond donors (Lipinski definition) is 0. The number of ether oxygens (including phenoxy) is 2. The molecule has 0 N–H and O–H groups in total. The van der Waals surface area contributed by atoms with Gasteiger partial charge in [-0.1, -0.05) is 48.0 Å². The third-order valence-corrected chi connectivity index (χ3v) is 3.35. The molecule has 0 radical (unpaired) electrons. The van der Waals surface area contributed by atoms with Crippen LogP contribution in [0.15, 0.2) is 48.5 Å². The van der Waals surface area contributed by atoms with Crippen LogP contribution in [0.4, 0.5) is 0 Å². The molecule has 0 aromatic heterocycles. The SMILES string of the molecule is COc1cccc(Cl)c1OC(=O)CCCc1ccccc1. The first-order valence-electron chi connectivity index (χ1n) is 6.78. The van der Waals surface area contributed by atoms with E-state index in [1.165, 1.54) is 12.7 Å². The van der Waals surface area contributed by atoms with Gasteiger partial charge in [0.2, 0.25) is 0 Å². The van der Waals surface area contributed by atoms with Gasteiger partial charge in [0, 0.05) is 6.42 Å². The van der Waals surface area contributed by atoms with Crippen LogP contribution in [0.25, 0.3) is 0 Å². The number of aryl methyl sites for hydroxylation is 1. The fourth-order valence-electron chi connectivity index (χ4n) is 2.00. The van der Waals surface area contributed by atoms with E-state index >= 15 is 0 Å². The summed E-state index contributed by atoms with van der Waals surface area (Å²) >= 11 is 6.02. The normalized spacial score (nSPS) is 10.2. The van der Waals surface area contributed by atoms with Crippen LogP contribution in [0.3, 0.4) is 0 Å². The summed E-state index contributed by atoms with van der Waals surface area (Å²) in [7, 11) is 1.51. The highest BCUT2D eigenvalue weighted by molar-refractivity contribution is 6.32. The Bertz CT molecular complexity index is 596. The zero-order valence-corrected chi connectivity index (χ0v) is 12.6. The molecule has 2 aromatic carbocycles. The molecule has 0 saturated carbocycles. The summed E-state index contributed by atoms with van der Waals surface area (Å²) in [4.78, 5) is 11.9. The molecule has 0 saturated heterocycles. The number of rotatable bonds is 6. The molecule has 0 amide bonds. The molecular weight excluding hydrogens is 288 g/mol. The van der Waals surface area contributed by atoms with Gasteiger partial charge in [-0.15, -0.1) is 0 Å². The molecule has 0 atom stereocenters. The lowest BCUT2D eigenvalue weighted by Gasteiger charge is -2.10. The molecule has 110 valence electrons. The highest BCUT2D eigenvalue weighted by Gasteiger charge is 2.13. The first kappa shape index (κ1) is 15.4. The van der Waals surface area contributed by atoms with Crippen molar-refractivity contribution in [2.75, 3.05) is 7.11 Å². The number of para-hydroxylation sites is 1. The number of halogens is 1. The van der Waals surface area contributed by atoms with Gasteiger partial charge in [-0.2, -0.15) is 0 Å². The van der Waals surface area contributed by atoms with E-state index in [0.29, 0.717) is 17.2 Å². The van der Waals surface area contributed by atoms with E-state index in [2.05, 4.69) is 0 Å². The largest absolute Gasteiger partial charge is 0.493 e. The summed E-state index contributed by atoms with van der Waals surface area (Å²) in [5.74, 6) is 0.433. The Morgan fingerprint density at radius 2 is 1.86 bits per heavy atom. The highest BCUT2D eigenvalue weighted by Crippen LogP contribution is 2.34. The number of esters is 1. The van der Waals surface area contributed by atoms with Crippen LogP contribution in [0.1, 0.15) is 18.4 Å². The molecule has 0 aliphatic carbocycles. The third-order valence-electron chi connectivity index (χ3n) is 3.06. The van der Waals surface area contributed by atoms with Gasteiger partial charge in [-0.25, -0.2) is 0 Å². The molecule has 0 aliphatic rings. The first-order chi connectivity index (χ1) is 10.2. The van der Waals surface area contributed by atoms with E-state index in [0.717, 1.165) is 12.8 Å². The van der Waals surface area contributed by atoms with Crippen molar-refractivity contribution >= 4 is 17.6 Å². The molecule has 2 rings (SSSR count). The van der Waals surface area contributed by atoms with Crippen molar-refractivity contribution in [1.82, 2.24) is 0 Å². The summed E-state index contributed by atoms with van der Waals surface area (Å²) in [6.07, 6.45) is 1.91. The lowest BCUT2D eigenvalue weighted by molar-refractivity contribution is -0.134. The van der Waals surface area contributed by atoms with Crippen molar-refractivity contribution in [1.29, 1.82) is 0 Å². The maximum atomic E-state index is 11.9. The van der Waals surface area contributed by atoms with E-state index in [4.69, 9.17) is 21.1 Å². The maximum absolute atomic E-state index is 11.9. The minimum atomic E-state index is -0.308. The Kier molecular flexibility index (Phi) is 5.64. The van der Waals surface area contributed by atoms with Crippen LogP contribution in [-0.2, 0) is 11.2 Å². The standard InChI is InChI=1S/C17H17ClO3/c1-20-15-11-6-10-14(18)17(15)21-16(19)12-5-9-13-7-3-2-4-8-13/h2-4,6-8,10-11H,5,9,12H2,1H3. The molecule has 3 nitrogen and oxygen atoms in total. The fraction of sp³-hybridized carbons (Fsp3) is 0.235. The summed E-state index contributed by atoms with van der Waals surface area (Å²) in [5, 5.41) is 0.366. The van der Waals surface area contributed by atoms with Crippen molar-refractivity contribution in [3.8, 4) is 11.5 Å². The molecule has 0 spiro atoms. The van der Waals surface area contributed by atoms with Gasteiger partial charge in [-0.3, -0.25) is 4.79 Å². The molecule has 0 bridgehead atoms. The van der Waals surface area contributed by atoms with E-state index in [-0.39, 0.29) is 11.7 Å². The molecule has 4 heteroatoms. The smallest absolute Gasteiger partial charge is 0.311 e. The Labute approximate surface area is 129 Å². The van der Waals surface area contributed by atoms with Gasteiger partial charge >= 0.3 is 5.97 Å². The van der Waals surface area contributed by atoms with Crippen LogP contribution < -0.4 is 9.47 Å². The van der Waals surface area contributed by atoms with Crippen molar-refractivity contribution in [2.24, 2.45) is 0 Å². The second-order valence-electron chi connectivity index (χ2n) is 4.58. The van der Waals surface area contributed by atoms with Crippen molar-refractivity contribution in [2.45, 2.75) is 19.3 Å². The first-order valence-corrected chi connectivity index (χ1v) is 7.15. The quantitative estimate of drug-likeness (QED) is 0.590. The number of methoxy groups -OCH3 is 1. The van der Waals surface area contributed by atoms with Crippen molar-refractivity contribution in [3.63, 3.8) is 0 Å². The van der Waals surface area contributed by atoms with E-state index in [1.54, 1.807) is 18.2 Å². The minimum Gasteiger partial charge on any atom is -0.493 e. The second-order valence-corrected chi connectivity index (χ2v) is 4.99. The van der Waals surface area contributed by atoms with Gasteiger partial charge < -0.3 is 9.47 Å². The lowest BCUT2D eigenvalue weighted by atomic mass is 10.1. The number of carbonyl (C=O) groups excluding carboxylic acids is 1. The fourth-order valence-corrected chi connectivity index (χ4v) is 2.20. The third kappa shape index (κ3) is 4.50. The van der Waals surface area contributed by atoms with E-state index in [1.807, 2.05) is 30.3 Å². The number of hydrogen-bond acceptors (Lipinski definition) is 3. The Morgan fingerprint density at radius 3 is 2.57 bits per heavy atom. The van der Waals surface area contributed by atoms with Crippen LogP contribution in [0.5, 0.6) is 11.5 Å². The predicted molar refractivity (Wildman–Crippen MR) is 83.0 cm³/mol. The van der Waals surface area contributed by atoms with Crippen LogP contribution in [0.2, 0.25) is 5.02 Å². The number of benzene rings is 2. The summed E-state index contributed by atoms with van der Waals surface area (Å²) in [6, 6.07) is 15.2. The van der Waals surface area contributed by atoms with Gasteiger partial charge in [0.1, 0.15) is 0 Å². The predicted octanol–water partition coefficient (Wildman–Crippen LogP) is 4.28. The highest BCUT2D eigenvalue weighted by atomic mass is 35.5. The Morgan fingerprint density at radius 1 is 1.10 bits per heavy atom. The van der Waals surface area contributed by atoms with Gasteiger partial charge in [0.05, 0.1) is 12.1 Å². The van der Waals surface area contributed by atoms with Crippen molar-refractivity contribution < 1.29 is 14.3 Å². The summed E-state index contributed by atoms with van der Waals surface area (Å²) < 4.78 is 10.4. The van der Waals surface area contributed by atoms with Crippen LogP contribution in [0, 0.1) is 0 Å². The molecular formula is C17H17ClO3. The topological polar surface area (TPSA) is 35.5 Å². The molecule has 0 heterocycles. The van der Waals surface area contributed by atoms with Crippen LogP contribution >= 0.6 is 11.6 Å². The molecule has 0 unspecified atom stereocenters. The Hall–Kier alpha value is -2.00. The maximum Gasteiger partial charge on any atom is 0.311 e. The van der Waals surface area contributed by atoms with Crippen LogP contribution in [-0.4, -0.2) is 13.1 Å². The molecule has 21 heavy (non-hydrogen) atoms.